The van der Waals surface area contributed by atoms with Crippen molar-refractivity contribution in [3.8, 4) is 5.69 Å². The van der Waals surface area contributed by atoms with Crippen molar-refractivity contribution >= 4 is 23.4 Å². The van der Waals surface area contributed by atoms with Crippen LogP contribution in [0.25, 0.3) is 5.69 Å². The van der Waals surface area contributed by atoms with Gasteiger partial charge in [-0.1, -0.05) is 11.8 Å². The van der Waals surface area contributed by atoms with Crippen LogP contribution in [0.2, 0.25) is 0 Å². The number of aliphatic carboxylic acids is 1. The standard InChI is InChI=1S/C13H15N3O2S/c1-15(2)10-3-5-11(6-4-10)16-8-7-14-13(16)19-9-12(17)18/h3-8H,9H2,1-2H3,(H,17,18). The highest BCUT2D eigenvalue weighted by Crippen LogP contribution is 2.22. The van der Waals surface area contributed by atoms with E-state index in [2.05, 4.69) is 4.98 Å². The second kappa shape index (κ2) is 5.79. The van der Waals surface area contributed by atoms with Gasteiger partial charge in [0.25, 0.3) is 0 Å². The molecule has 0 atom stereocenters. The van der Waals surface area contributed by atoms with Gasteiger partial charge in [-0.3, -0.25) is 9.36 Å². The van der Waals surface area contributed by atoms with Gasteiger partial charge in [0.15, 0.2) is 5.16 Å². The van der Waals surface area contributed by atoms with Crippen LogP contribution >= 0.6 is 11.8 Å². The number of anilines is 1. The highest BCUT2D eigenvalue weighted by molar-refractivity contribution is 7.99. The van der Waals surface area contributed by atoms with E-state index in [1.165, 1.54) is 11.8 Å². The van der Waals surface area contributed by atoms with Crippen molar-refractivity contribution in [3.05, 3.63) is 36.7 Å². The fraction of sp³-hybridized carbons (Fsp3) is 0.231. The first kappa shape index (κ1) is 13.5. The Balaban J connectivity index is 2.22. The van der Waals surface area contributed by atoms with E-state index in [-0.39, 0.29) is 5.75 Å². The number of aromatic nitrogens is 2. The molecule has 0 saturated heterocycles. The number of carboxylic acids is 1. The van der Waals surface area contributed by atoms with Crippen molar-refractivity contribution in [3.63, 3.8) is 0 Å². The molecule has 0 amide bonds. The lowest BCUT2D eigenvalue weighted by atomic mass is 10.2. The van der Waals surface area contributed by atoms with Crippen molar-refractivity contribution in [2.45, 2.75) is 5.16 Å². The molecule has 6 heteroatoms. The molecule has 19 heavy (non-hydrogen) atoms. The van der Waals surface area contributed by atoms with Gasteiger partial charge in [-0.05, 0) is 24.3 Å². The number of hydrogen-bond acceptors (Lipinski definition) is 4. The van der Waals surface area contributed by atoms with Crippen LogP contribution in [0.5, 0.6) is 0 Å². The molecule has 1 aromatic heterocycles. The second-order valence-electron chi connectivity index (χ2n) is 4.17. The minimum Gasteiger partial charge on any atom is -0.481 e. The van der Waals surface area contributed by atoms with Crippen LogP contribution in [-0.4, -0.2) is 40.5 Å². The number of carbonyl (C=O) groups is 1. The van der Waals surface area contributed by atoms with Gasteiger partial charge < -0.3 is 10.0 Å². The van der Waals surface area contributed by atoms with Crippen molar-refractivity contribution in [1.29, 1.82) is 0 Å². The number of nitrogens with zero attached hydrogens (tertiary/aromatic N) is 3. The summed E-state index contributed by atoms with van der Waals surface area (Å²) in [6, 6.07) is 8.01. The van der Waals surface area contributed by atoms with Crippen molar-refractivity contribution < 1.29 is 9.90 Å². The maximum atomic E-state index is 10.6. The normalized spacial score (nSPS) is 10.4. The Morgan fingerprint density at radius 1 is 1.37 bits per heavy atom. The topological polar surface area (TPSA) is 58.4 Å². The third-order valence-electron chi connectivity index (χ3n) is 2.58. The summed E-state index contributed by atoms with van der Waals surface area (Å²) in [6.07, 6.45) is 3.50. The molecule has 100 valence electrons. The smallest absolute Gasteiger partial charge is 0.313 e. The Hall–Kier alpha value is -1.95. The SMILES string of the molecule is CN(C)c1ccc(-n2ccnc2SCC(=O)O)cc1. The van der Waals surface area contributed by atoms with Gasteiger partial charge in [0.2, 0.25) is 0 Å². The first-order chi connectivity index (χ1) is 9.08. The van der Waals surface area contributed by atoms with Gasteiger partial charge in [0.05, 0.1) is 5.75 Å². The van der Waals surface area contributed by atoms with Crippen LogP contribution in [-0.2, 0) is 4.79 Å². The van der Waals surface area contributed by atoms with Crippen molar-refractivity contribution in [1.82, 2.24) is 9.55 Å². The number of rotatable bonds is 5. The minimum atomic E-state index is -0.845. The third kappa shape index (κ3) is 3.29. The van der Waals surface area contributed by atoms with E-state index in [1.807, 2.05) is 54.0 Å². The van der Waals surface area contributed by atoms with Crippen molar-refractivity contribution in [2.24, 2.45) is 0 Å². The molecule has 0 radical (unpaired) electrons. The third-order valence-corrected chi connectivity index (χ3v) is 3.53. The van der Waals surface area contributed by atoms with Crippen LogP contribution < -0.4 is 4.90 Å². The van der Waals surface area contributed by atoms with Crippen LogP contribution in [0.4, 0.5) is 5.69 Å². The number of thioether (sulfide) groups is 1. The summed E-state index contributed by atoms with van der Waals surface area (Å²) in [5.41, 5.74) is 2.08. The molecule has 0 unspecified atom stereocenters. The summed E-state index contributed by atoms with van der Waals surface area (Å²) in [4.78, 5) is 16.8. The average Bonchev–Trinajstić information content (AvgIpc) is 2.84. The second-order valence-corrected chi connectivity index (χ2v) is 5.12. The largest absolute Gasteiger partial charge is 0.481 e. The van der Waals surface area contributed by atoms with E-state index in [9.17, 15) is 4.79 Å². The van der Waals surface area contributed by atoms with Gasteiger partial charge in [-0.25, -0.2) is 4.98 Å². The molecule has 2 rings (SSSR count). The summed E-state index contributed by atoms with van der Waals surface area (Å²) < 4.78 is 1.88. The van der Waals surface area contributed by atoms with E-state index < -0.39 is 5.97 Å². The molecule has 0 bridgehead atoms. The first-order valence-corrected chi connectivity index (χ1v) is 6.72. The monoisotopic (exact) mass is 277 g/mol. The van der Waals surface area contributed by atoms with Crippen LogP contribution in [0.15, 0.2) is 41.8 Å². The van der Waals surface area contributed by atoms with E-state index in [0.717, 1.165) is 11.4 Å². The molecule has 0 spiro atoms. The Morgan fingerprint density at radius 2 is 2.05 bits per heavy atom. The molecule has 1 N–H and O–H groups in total. The molecular formula is C13H15N3O2S. The van der Waals surface area contributed by atoms with E-state index in [1.54, 1.807) is 6.20 Å². The Labute approximate surface area is 115 Å². The van der Waals surface area contributed by atoms with E-state index >= 15 is 0 Å². The number of carboxylic acid groups (broad SMARTS) is 1. The van der Waals surface area contributed by atoms with E-state index in [4.69, 9.17) is 5.11 Å². The molecular weight excluding hydrogens is 262 g/mol. The summed E-state index contributed by atoms with van der Waals surface area (Å²) in [6.45, 7) is 0. The Bertz CT molecular complexity index is 564. The molecule has 2 aromatic rings. The van der Waals surface area contributed by atoms with E-state index in [0.29, 0.717) is 5.16 Å². The molecule has 0 saturated carbocycles. The predicted molar refractivity (Wildman–Crippen MR) is 76.3 cm³/mol. The number of hydrogen-bond donors (Lipinski definition) is 1. The zero-order chi connectivity index (χ0) is 13.8. The lowest BCUT2D eigenvalue weighted by Gasteiger charge is -2.13. The maximum absolute atomic E-state index is 10.6. The fourth-order valence-corrected chi connectivity index (χ4v) is 2.32. The van der Waals surface area contributed by atoms with Crippen molar-refractivity contribution in [2.75, 3.05) is 24.7 Å². The van der Waals surface area contributed by atoms with Gasteiger partial charge in [-0.15, -0.1) is 0 Å². The highest BCUT2D eigenvalue weighted by Gasteiger charge is 2.08. The lowest BCUT2D eigenvalue weighted by Crippen LogP contribution is -2.08. The molecule has 0 fully saturated rings. The minimum absolute atomic E-state index is 0.00674. The molecule has 0 aliphatic heterocycles. The predicted octanol–water partition coefficient (Wildman–Crippen LogP) is 2.11. The highest BCUT2D eigenvalue weighted by atomic mass is 32.2. The van der Waals surface area contributed by atoms with Gasteiger partial charge >= 0.3 is 5.97 Å². The van der Waals surface area contributed by atoms with Gasteiger partial charge in [0.1, 0.15) is 0 Å². The van der Waals surface area contributed by atoms with Crippen LogP contribution in [0, 0.1) is 0 Å². The zero-order valence-corrected chi connectivity index (χ0v) is 11.6. The van der Waals surface area contributed by atoms with Crippen LogP contribution in [0.3, 0.4) is 0 Å². The lowest BCUT2D eigenvalue weighted by molar-refractivity contribution is -0.133. The molecule has 0 aliphatic rings. The number of imidazole rings is 1. The molecule has 1 aromatic carbocycles. The maximum Gasteiger partial charge on any atom is 0.313 e. The Kier molecular flexibility index (Phi) is 4.11. The molecule has 5 nitrogen and oxygen atoms in total. The first-order valence-electron chi connectivity index (χ1n) is 5.73. The summed E-state index contributed by atoms with van der Waals surface area (Å²) >= 11 is 1.21. The average molecular weight is 277 g/mol. The zero-order valence-electron chi connectivity index (χ0n) is 10.8. The summed E-state index contributed by atoms with van der Waals surface area (Å²) in [7, 11) is 3.97. The fourth-order valence-electron chi connectivity index (χ4n) is 1.63. The summed E-state index contributed by atoms with van der Waals surface area (Å²) in [5.74, 6) is -0.838. The molecule has 0 aliphatic carbocycles. The van der Waals surface area contributed by atoms with Crippen LogP contribution in [0.1, 0.15) is 0 Å². The quantitative estimate of drug-likeness (QED) is 0.848. The van der Waals surface area contributed by atoms with Gasteiger partial charge in [-0.2, -0.15) is 0 Å². The number of benzene rings is 1. The Morgan fingerprint density at radius 3 is 2.63 bits per heavy atom. The summed E-state index contributed by atoms with van der Waals surface area (Å²) in [5, 5.41) is 9.39. The van der Waals surface area contributed by atoms with Gasteiger partial charge in [0, 0.05) is 37.9 Å². The molecule has 1 heterocycles.